The van der Waals surface area contributed by atoms with Crippen molar-refractivity contribution in [1.82, 2.24) is 21.2 Å². The van der Waals surface area contributed by atoms with Gasteiger partial charge in [0.05, 0.1) is 12.5 Å². The van der Waals surface area contributed by atoms with E-state index < -0.39 is 23.9 Å². The third-order valence-electron chi connectivity index (χ3n) is 3.20. The van der Waals surface area contributed by atoms with Crippen LogP contribution in [0.2, 0.25) is 5.02 Å². The number of primary amides is 1. The lowest BCUT2D eigenvalue weighted by atomic mass is 10.0. The first-order chi connectivity index (χ1) is 12.0. The molecule has 2 rings (SSSR count). The average Bonchev–Trinajstić information content (AvgIpc) is 2.60. The Labute approximate surface area is 148 Å². The van der Waals surface area contributed by atoms with E-state index >= 15 is 0 Å². The lowest BCUT2D eigenvalue weighted by Gasteiger charge is -2.19. The molecule has 8 nitrogen and oxygen atoms in total. The van der Waals surface area contributed by atoms with E-state index in [0.717, 1.165) is 0 Å². The van der Waals surface area contributed by atoms with Crippen molar-refractivity contribution < 1.29 is 14.4 Å². The number of nitrogens with one attached hydrogen (secondary N) is 3. The summed E-state index contributed by atoms with van der Waals surface area (Å²) in [5, 5.41) is 2.84. The van der Waals surface area contributed by atoms with Gasteiger partial charge in [-0.15, -0.1) is 0 Å². The van der Waals surface area contributed by atoms with Crippen LogP contribution in [0.3, 0.4) is 0 Å². The number of hydrogen-bond acceptors (Lipinski definition) is 4. The molecule has 1 atom stereocenters. The highest BCUT2D eigenvalue weighted by Crippen LogP contribution is 2.24. The van der Waals surface area contributed by atoms with Gasteiger partial charge in [0.15, 0.2) is 0 Å². The molecular formula is C16H16ClN5O3. The molecule has 1 aromatic heterocycles. The molecule has 0 saturated heterocycles. The Morgan fingerprint density at radius 2 is 1.80 bits per heavy atom. The summed E-state index contributed by atoms with van der Waals surface area (Å²) in [6.07, 6.45) is 1.29. The minimum atomic E-state index is -0.796. The molecule has 1 heterocycles. The van der Waals surface area contributed by atoms with Crippen molar-refractivity contribution in [2.45, 2.75) is 12.5 Å². The maximum Gasteiger partial charge on any atom is 0.312 e. The quantitative estimate of drug-likeness (QED) is 0.598. The molecule has 0 fully saturated rings. The number of benzene rings is 1. The molecule has 1 aromatic carbocycles. The van der Waals surface area contributed by atoms with Gasteiger partial charge in [-0.1, -0.05) is 35.9 Å². The summed E-state index contributed by atoms with van der Waals surface area (Å²) in [5.74, 6) is -1.10. The van der Waals surface area contributed by atoms with Gasteiger partial charge in [0.2, 0.25) is 5.91 Å². The average molecular weight is 362 g/mol. The largest absolute Gasteiger partial charge is 0.352 e. The minimum Gasteiger partial charge on any atom is -0.352 e. The van der Waals surface area contributed by atoms with Gasteiger partial charge >= 0.3 is 6.03 Å². The molecule has 0 aliphatic carbocycles. The van der Waals surface area contributed by atoms with Crippen LogP contribution in [-0.4, -0.2) is 22.8 Å². The van der Waals surface area contributed by atoms with E-state index in [1.807, 2.05) is 0 Å². The second kappa shape index (κ2) is 8.65. The van der Waals surface area contributed by atoms with Crippen LogP contribution in [0.1, 0.15) is 28.5 Å². The van der Waals surface area contributed by atoms with Gasteiger partial charge in [0, 0.05) is 11.2 Å². The standard InChI is InChI=1S/C16H16ClN5O3/c17-11-6-2-1-5-10(11)13(20-16(18)25)9-14(23)21-22-15(24)12-7-3-4-8-19-12/h1-8,13H,9H2,(H,21,23)(H,22,24)(H3,18,20,25)/t13-/m0/s1. The van der Waals surface area contributed by atoms with Crippen LogP contribution in [0.5, 0.6) is 0 Å². The van der Waals surface area contributed by atoms with Crippen LogP contribution in [0.4, 0.5) is 4.79 Å². The van der Waals surface area contributed by atoms with Crippen LogP contribution in [0.25, 0.3) is 0 Å². The number of urea groups is 1. The van der Waals surface area contributed by atoms with Crippen molar-refractivity contribution in [2.75, 3.05) is 0 Å². The topological polar surface area (TPSA) is 126 Å². The van der Waals surface area contributed by atoms with E-state index in [-0.39, 0.29) is 12.1 Å². The number of pyridine rings is 1. The van der Waals surface area contributed by atoms with Crippen molar-refractivity contribution in [1.29, 1.82) is 0 Å². The van der Waals surface area contributed by atoms with E-state index in [9.17, 15) is 14.4 Å². The van der Waals surface area contributed by atoms with Gasteiger partial charge in [-0.05, 0) is 23.8 Å². The van der Waals surface area contributed by atoms with Crippen molar-refractivity contribution in [2.24, 2.45) is 5.73 Å². The number of rotatable bonds is 5. The summed E-state index contributed by atoms with van der Waals surface area (Å²) in [4.78, 5) is 39.0. The van der Waals surface area contributed by atoms with Crippen LogP contribution in [0, 0.1) is 0 Å². The smallest absolute Gasteiger partial charge is 0.312 e. The maximum absolute atomic E-state index is 12.1. The van der Waals surface area contributed by atoms with Crippen molar-refractivity contribution in [3.63, 3.8) is 0 Å². The Kier molecular flexibility index (Phi) is 6.30. The SMILES string of the molecule is NC(=O)N[C@@H](CC(=O)NNC(=O)c1ccccn1)c1ccccc1Cl. The van der Waals surface area contributed by atoms with E-state index in [1.54, 1.807) is 36.4 Å². The first kappa shape index (κ1) is 18.2. The lowest BCUT2D eigenvalue weighted by molar-refractivity contribution is -0.122. The molecule has 0 bridgehead atoms. The van der Waals surface area contributed by atoms with Crippen molar-refractivity contribution >= 4 is 29.4 Å². The van der Waals surface area contributed by atoms with Gasteiger partial charge in [-0.3, -0.25) is 25.4 Å². The van der Waals surface area contributed by atoms with Crippen LogP contribution in [-0.2, 0) is 4.79 Å². The fraction of sp³-hybridized carbons (Fsp3) is 0.125. The Morgan fingerprint density at radius 3 is 2.44 bits per heavy atom. The van der Waals surface area contributed by atoms with Crippen molar-refractivity contribution in [3.05, 3.63) is 64.9 Å². The third-order valence-corrected chi connectivity index (χ3v) is 3.54. The second-order valence-electron chi connectivity index (χ2n) is 5.00. The van der Waals surface area contributed by atoms with E-state index in [4.69, 9.17) is 17.3 Å². The van der Waals surface area contributed by atoms with Crippen LogP contribution < -0.4 is 21.9 Å². The molecule has 0 aliphatic heterocycles. The number of hydrazine groups is 1. The predicted octanol–water partition coefficient (Wildman–Crippen LogP) is 1.30. The summed E-state index contributed by atoms with van der Waals surface area (Å²) in [5.41, 5.74) is 10.3. The zero-order valence-electron chi connectivity index (χ0n) is 13.0. The third kappa shape index (κ3) is 5.47. The van der Waals surface area contributed by atoms with Gasteiger partial charge in [-0.2, -0.15) is 0 Å². The Morgan fingerprint density at radius 1 is 1.08 bits per heavy atom. The molecule has 0 spiro atoms. The lowest BCUT2D eigenvalue weighted by Crippen LogP contribution is -2.44. The van der Waals surface area contributed by atoms with Gasteiger partial charge in [-0.25, -0.2) is 4.79 Å². The summed E-state index contributed by atoms with van der Waals surface area (Å²) < 4.78 is 0. The normalized spacial score (nSPS) is 11.2. The van der Waals surface area contributed by atoms with Gasteiger partial charge < -0.3 is 11.1 Å². The van der Waals surface area contributed by atoms with E-state index in [2.05, 4.69) is 21.2 Å². The van der Waals surface area contributed by atoms with Crippen molar-refractivity contribution in [3.8, 4) is 0 Å². The maximum atomic E-state index is 12.1. The molecule has 9 heteroatoms. The first-order valence-electron chi connectivity index (χ1n) is 7.28. The van der Waals surface area contributed by atoms with E-state index in [0.29, 0.717) is 10.6 Å². The number of carbonyl (C=O) groups excluding carboxylic acids is 3. The highest BCUT2D eigenvalue weighted by molar-refractivity contribution is 6.31. The number of amides is 4. The Hall–Kier alpha value is -3.13. The number of nitrogens with zero attached hydrogens (tertiary/aromatic N) is 1. The zero-order valence-corrected chi connectivity index (χ0v) is 13.8. The monoisotopic (exact) mass is 361 g/mol. The molecule has 25 heavy (non-hydrogen) atoms. The molecule has 0 aliphatic rings. The van der Waals surface area contributed by atoms with E-state index in [1.165, 1.54) is 12.3 Å². The van der Waals surface area contributed by atoms with Crippen LogP contribution in [0.15, 0.2) is 48.7 Å². The molecule has 5 N–H and O–H groups in total. The fourth-order valence-electron chi connectivity index (χ4n) is 2.09. The number of halogens is 1. The molecule has 4 amide bonds. The molecule has 0 radical (unpaired) electrons. The Bertz CT molecular complexity index is 769. The summed E-state index contributed by atoms with van der Waals surface area (Å²) >= 11 is 6.09. The Balaban J connectivity index is 1.99. The molecule has 130 valence electrons. The number of hydrogen-bond donors (Lipinski definition) is 4. The summed E-state index contributed by atoms with van der Waals surface area (Å²) in [6, 6.07) is 10.0. The first-order valence-corrected chi connectivity index (χ1v) is 7.65. The second-order valence-corrected chi connectivity index (χ2v) is 5.41. The van der Waals surface area contributed by atoms with Gasteiger partial charge in [0.25, 0.3) is 5.91 Å². The number of aromatic nitrogens is 1. The fourth-order valence-corrected chi connectivity index (χ4v) is 2.36. The summed E-state index contributed by atoms with van der Waals surface area (Å²) in [7, 11) is 0. The van der Waals surface area contributed by atoms with Crippen LogP contribution >= 0.6 is 11.6 Å². The predicted molar refractivity (Wildman–Crippen MR) is 91.4 cm³/mol. The summed E-state index contributed by atoms with van der Waals surface area (Å²) in [6.45, 7) is 0. The number of nitrogens with two attached hydrogens (primary N) is 1. The highest BCUT2D eigenvalue weighted by atomic mass is 35.5. The molecule has 0 unspecified atom stereocenters. The van der Waals surface area contributed by atoms with Gasteiger partial charge in [0.1, 0.15) is 5.69 Å². The molecule has 2 aromatic rings. The molecular weight excluding hydrogens is 346 g/mol. The molecule has 0 saturated carbocycles. The number of carbonyl (C=O) groups is 3. The highest BCUT2D eigenvalue weighted by Gasteiger charge is 2.20. The minimum absolute atomic E-state index is 0.153. The zero-order chi connectivity index (χ0) is 18.2.